The van der Waals surface area contributed by atoms with E-state index in [-0.39, 0.29) is 0 Å². The van der Waals surface area contributed by atoms with Crippen molar-refractivity contribution in [3.05, 3.63) is 35.2 Å². The number of hydrogen-bond donors (Lipinski definition) is 0. The third-order valence-electron chi connectivity index (χ3n) is 3.64. The van der Waals surface area contributed by atoms with Crippen molar-refractivity contribution in [2.75, 3.05) is 13.2 Å². The number of hydrogen-bond acceptors (Lipinski definition) is 5. The topological polar surface area (TPSA) is 51.4 Å². The Bertz CT molecular complexity index is 610. The Morgan fingerprint density at radius 3 is 2.67 bits per heavy atom. The van der Waals surface area contributed by atoms with Gasteiger partial charge in [-0.05, 0) is 26.0 Å². The predicted molar refractivity (Wildman–Crippen MR) is 80.0 cm³/mol. The van der Waals surface area contributed by atoms with Gasteiger partial charge in [0.25, 0.3) is 0 Å². The lowest BCUT2D eigenvalue weighted by atomic mass is 10.1. The molecule has 1 saturated heterocycles. The molecule has 0 N–H and O–H groups in total. The Morgan fingerprint density at radius 2 is 2.05 bits per heavy atom. The van der Waals surface area contributed by atoms with E-state index in [9.17, 15) is 0 Å². The summed E-state index contributed by atoms with van der Waals surface area (Å²) in [6.07, 6.45) is 0. The fraction of sp³-hybridized carbons (Fsp3) is 0.467. The number of aromatic nitrogens is 2. The molecule has 0 amide bonds. The van der Waals surface area contributed by atoms with Crippen LogP contribution in [0.3, 0.4) is 0 Å². The van der Waals surface area contributed by atoms with Crippen LogP contribution in [0.15, 0.2) is 28.7 Å². The third-order valence-corrected chi connectivity index (χ3v) is 3.97. The number of nitrogens with zero attached hydrogens (tertiary/aromatic N) is 3. The van der Waals surface area contributed by atoms with Crippen LogP contribution < -0.4 is 0 Å². The Balaban J connectivity index is 1.77. The van der Waals surface area contributed by atoms with Gasteiger partial charge in [0, 0.05) is 6.04 Å². The molecule has 0 bridgehead atoms. The molecule has 1 aliphatic rings. The molecule has 2 heterocycles. The van der Waals surface area contributed by atoms with Crippen LogP contribution in [0.1, 0.15) is 19.7 Å². The lowest BCUT2D eigenvalue weighted by molar-refractivity contribution is -0.0806. The second-order valence-corrected chi connectivity index (χ2v) is 5.85. The minimum Gasteiger partial charge on any atom is -0.419 e. The monoisotopic (exact) mass is 307 g/mol. The van der Waals surface area contributed by atoms with Crippen molar-refractivity contribution < 1.29 is 9.15 Å². The van der Waals surface area contributed by atoms with Crippen LogP contribution in [-0.2, 0) is 11.3 Å². The number of benzene rings is 1. The fourth-order valence-corrected chi connectivity index (χ4v) is 2.58. The van der Waals surface area contributed by atoms with Crippen LogP contribution in [0, 0.1) is 0 Å². The van der Waals surface area contributed by atoms with E-state index in [0.717, 1.165) is 18.8 Å². The van der Waals surface area contributed by atoms with Gasteiger partial charge in [-0.3, -0.25) is 4.90 Å². The lowest BCUT2D eigenvalue weighted by Gasteiger charge is -2.39. The van der Waals surface area contributed by atoms with E-state index < -0.39 is 0 Å². The smallest absolute Gasteiger partial charge is 0.249 e. The molecule has 6 heteroatoms. The van der Waals surface area contributed by atoms with Gasteiger partial charge >= 0.3 is 0 Å². The van der Waals surface area contributed by atoms with E-state index in [1.165, 1.54) is 0 Å². The normalized spacial score (nSPS) is 15.7. The first kappa shape index (κ1) is 14.5. The molecule has 2 aromatic rings. The predicted octanol–water partition coefficient (Wildman–Crippen LogP) is 3.00. The Kier molecular flexibility index (Phi) is 4.24. The van der Waals surface area contributed by atoms with Gasteiger partial charge in [-0.1, -0.05) is 23.7 Å². The first-order chi connectivity index (χ1) is 10.1. The van der Waals surface area contributed by atoms with Crippen molar-refractivity contribution in [3.63, 3.8) is 0 Å². The summed E-state index contributed by atoms with van der Waals surface area (Å²) in [6, 6.07) is 8.29. The van der Waals surface area contributed by atoms with Gasteiger partial charge in [0.1, 0.15) is 0 Å². The molecule has 0 unspecified atom stereocenters. The van der Waals surface area contributed by atoms with Crippen molar-refractivity contribution in [1.29, 1.82) is 0 Å². The lowest BCUT2D eigenvalue weighted by Crippen LogP contribution is -2.51. The van der Waals surface area contributed by atoms with Crippen LogP contribution in [0.25, 0.3) is 11.5 Å². The number of ether oxygens (including phenoxy) is 1. The van der Waals surface area contributed by atoms with Crippen molar-refractivity contribution in [2.45, 2.75) is 32.5 Å². The maximum Gasteiger partial charge on any atom is 0.249 e. The second kappa shape index (κ2) is 6.13. The molecule has 0 aliphatic carbocycles. The molecular formula is C15H18ClN3O2. The highest BCUT2D eigenvalue weighted by molar-refractivity contribution is 6.33. The Hall–Kier alpha value is -1.43. The molecule has 1 aliphatic heterocycles. The molecule has 0 saturated carbocycles. The van der Waals surface area contributed by atoms with Crippen molar-refractivity contribution in [3.8, 4) is 11.5 Å². The molecule has 112 valence electrons. The van der Waals surface area contributed by atoms with E-state index >= 15 is 0 Å². The van der Waals surface area contributed by atoms with E-state index in [2.05, 4.69) is 28.9 Å². The molecule has 0 radical (unpaired) electrons. The van der Waals surface area contributed by atoms with Crippen LogP contribution in [0.5, 0.6) is 0 Å². The van der Waals surface area contributed by atoms with Crippen molar-refractivity contribution >= 4 is 11.6 Å². The first-order valence-electron chi connectivity index (χ1n) is 7.06. The molecule has 3 rings (SSSR count). The van der Waals surface area contributed by atoms with Crippen LogP contribution in [0.4, 0.5) is 0 Å². The highest BCUT2D eigenvalue weighted by Crippen LogP contribution is 2.27. The number of halogens is 1. The van der Waals surface area contributed by atoms with Gasteiger partial charge < -0.3 is 9.15 Å². The molecule has 0 atom stereocenters. The highest BCUT2D eigenvalue weighted by atomic mass is 35.5. The average molecular weight is 308 g/mol. The summed E-state index contributed by atoms with van der Waals surface area (Å²) in [5.74, 6) is 1.06. The van der Waals surface area contributed by atoms with Crippen LogP contribution in [0.2, 0.25) is 5.02 Å². The maximum atomic E-state index is 6.15. The largest absolute Gasteiger partial charge is 0.419 e. The quantitative estimate of drug-likeness (QED) is 0.850. The fourth-order valence-electron chi connectivity index (χ4n) is 2.37. The third kappa shape index (κ3) is 3.10. The van der Waals surface area contributed by atoms with E-state index in [1.54, 1.807) is 0 Å². The van der Waals surface area contributed by atoms with Crippen molar-refractivity contribution in [2.24, 2.45) is 0 Å². The zero-order valence-corrected chi connectivity index (χ0v) is 12.9. The SMILES string of the molecule is CC(C)N(Cc1nnc(-c2ccccc2Cl)o1)C1COC1. The van der Waals surface area contributed by atoms with Gasteiger partial charge in [-0.15, -0.1) is 10.2 Å². The zero-order chi connectivity index (χ0) is 14.8. The van der Waals surface area contributed by atoms with Gasteiger partial charge in [0.15, 0.2) is 0 Å². The molecular weight excluding hydrogens is 290 g/mol. The summed E-state index contributed by atoms with van der Waals surface area (Å²) in [6.45, 7) is 6.48. The van der Waals surface area contributed by atoms with E-state index in [4.69, 9.17) is 20.8 Å². The molecule has 1 aromatic heterocycles. The number of rotatable bonds is 5. The summed E-state index contributed by atoms with van der Waals surface area (Å²) in [5, 5.41) is 8.85. The van der Waals surface area contributed by atoms with Gasteiger partial charge in [0.05, 0.1) is 36.4 Å². The average Bonchev–Trinajstić information content (AvgIpc) is 2.85. The van der Waals surface area contributed by atoms with Crippen LogP contribution >= 0.6 is 11.6 Å². The second-order valence-electron chi connectivity index (χ2n) is 5.44. The molecule has 1 fully saturated rings. The van der Waals surface area contributed by atoms with Gasteiger partial charge in [-0.25, -0.2) is 0 Å². The van der Waals surface area contributed by atoms with E-state index in [0.29, 0.717) is 35.4 Å². The van der Waals surface area contributed by atoms with Gasteiger partial charge in [-0.2, -0.15) is 0 Å². The summed E-state index contributed by atoms with van der Waals surface area (Å²) in [7, 11) is 0. The molecule has 5 nitrogen and oxygen atoms in total. The molecule has 1 aromatic carbocycles. The summed E-state index contributed by atoms with van der Waals surface area (Å²) < 4.78 is 11.0. The van der Waals surface area contributed by atoms with Gasteiger partial charge in [0.2, 0.25) is 11.8 Å². The molecule has 0 spiro atoms. The maximum absolute atomic E-state index is 6.15. The first-order valence-corrected chi connectivity index (χ1v) is 7.43. The minimum absolute atomic E-state index is 0.398. The molecule has 21 heavy (non-hydrogen) atoms. The minimum atomic E-state index is 0.398. The summed E-state index contributed by atoms with van der Waals surface area (Å²) >= 11 is 6.15. The van der Waals surface area contributed by atoms with E-state index in [1.807, 2.05) is 24.3 Å². The summed E-state index contributed by atoms with van der Waals surface area (Å²) in [5.41, 5.74) is 0.765. The van der Waals surface area contributed by atoms with Crippen molar-refractivity contribution in [1.82, 2.24) is 15.1 Å². The summed E-state index contributed by atoms with van der Waals surface area (Å²) in [4.78, 5) is 2.31. The highest BCUT2D eigenvalue weighted by Gasteiger charge is 2.29. The van der Waals surface area contributed by atoms with Crippen LogP contribution in [-0.4, -0.2) is 40.4 Å². The zero-order valence-electron chi connectivity index (χ0n) is 12.1. The Labute approximate surface area is 128 Å². The Morgan fingerprint density at radius 1 is 1.29 bits per heavy atom. The standard InChI is InChI=1S/C15H18ClN3O2/c1-10(2)19(11-8-20-9-11)7-14-17-18-15(21-14)12-5-3-4-6-13(12)16/h3-6,10-11H,7-9H2,1-2H3.